The number of nitrogens with zero attached hydrogens (tertiary/aromatic N) is 1. The third-order valence-corrected chi connectivity index (χ3v) is 3.35. The van der Waals surface area contributed by atoms with Crippen molar-refractivity contribution < 1.29 is 13.6 Å². The van der Waals surface area contributed by atoms with Crippen molar-refractivity contribution in [3.8, 4) is 6.07 Å². The summed E-state index contributed by atoms with van der Waals surface area (Å²) >= 11 is 2.96. The van der Waals surface area contributed by atoms with Gasteiger partial charge in [0.1, 0.15) is 11.6 Å². The van der Waals surface area contributed by atoms with Crippen molar-refractivity contribution in [3.63, 3.8) is 0 Å². The maximum atomic E-state index is 13.6. The van der Waals surface area contributed by atoms with E-state index < -0.39 is 17.5 Å². The van der Waals surface area contributed by atoms with Gasteiger partial charge in [0.15, 0.2) is 0 Å². The summed E-state index contributed by atoms with van der Waals surface area (Å²) in [7, 11) is 0. The number of halogens is 3. The Kier molecular flexibility index (Phi) is 4.11. The Balaban J connectivity index is 2.29. The van der Waals surface area contributed by atoms with Gasteiger partial charge in [0.25, 0.3) is 5.91 Å². The van der Waals surface area contributed by atoms with Crippen LogP contribution in [0.25, 0.3) is 0 Å². The zero-order chi connectivity index (χ0) is 14.7. The lowest BCUT2D eigenvalue weighted by molar-refractivity contribution is 0.102. The number of benzene rings is 2. The molecule has 2 aromatic carbocycles. The van der Waals surface area contributed by atoms with Gasteiger partial charge in [-0.15, -0.1) is 0 Å². The lowest BCUT2D eigenvalue weighted by Gasteiger charge is -2.08. The molecular formula is C14H7BrF2N2O. The van der Waals surface area contributed by atoms with Crippen LogP contribution in [0, 0.1) is 23.0 Å². The van der Waals surface area contributed by atoms with Crippen molar-refractivity contribution in [3.05, 3.63) is 63.6 Å². The topological polar surface area (TPSA) is 52.9 Å². The minimum Gasteiger partial charge on any atom is -0.319 e. The first kappa shape index (κ1) is 14.2. The second-order valence-corrected chi connectivity index (χ2v) is 4.65. The van der Waals surface area contributed by atoms with Crippen molar-refractivity contribution in [2.45, 2.75) is 0 Å². The number of hydrogen-bond acceptors (Lipinski definition) is 2. The molecule has 0 aromatic heterocycles. The molecule has 2 aromatic rings. The molecule has 0 aliphatic carbocycles. The molecule has 0 saturated heterocycles. The molecule has 100 valence electrons. The summed E-state index contributed by atoms with van der Waals surface area (Å²) in [4.78, 5) is 12.0. The second kappa shape index (κ2) is 5.80. The maximum Gasteiger partial charge on any atom is 0.256 e. The third kappa shape index (κ3) is 2.83. The van der Waals surface area contributed by atoms with Gasteiger partial charge >= 0.3 is 0 Å². The first-order valence-corrected chi connectivity index (χ1v) is 6.27. The molecule has 0 unspecified atom stereocenters. The minimum atomic E-state index is -0.732. The van der Waals surface area contributed by atoms with Gasteiger partial charge in [0.2, 0.25) is 0 Å². The van der Waals surface area contributed by atoms with Crippen LogP contribution in [0.1, 0.15) is 15.9 Å². The summed E-state index contributed by atoms with van der Waals surface area (Å²) in [6, 6.07) is 9.43. The zero-order valence-corrected chi connectivity index (χ0v) is 11.5. The van der Waals surface area contributed by atoms with E-state index in [0.717, 1.165) is 6.07 Å². The summed E-state index contributed by atoms with van der Waals surface area (Å²) in [5, 5.41) is 11.0. The van der Waals surface area contributed by atoms with Gasteiger partial charge in [-0.25, -0.2) is 8.78 Å². The Hall–Kier alpha value is -2.26. The first-order valence-electron chi connectivity index (χ1n) is 5.48. The Morgan fingerprint density at radius 3 is 2.60 bits per heavy atom. The Labute approximate surface area is 122 Å². The molecule has 3 nitrogen and oxygen atoms in total. The SMILES string of the molecule is N#Cc1ccc(NC(=O)c2cccc(F)c2Br)c(F)c1. The quantitative estimate of drug-likeness (QED) is 0.905. The molecule has 0 fully saturated rings. The summed E-state index contributed by atoms with van der Waals surface area (Å²) in [5.74, 6) is -1.97. The molecule has 0 spiro atoms. The fourth-order valence-corrected chi connectivity index (χ4v) is 2.00. The van der Waals surface area contributed by atoms with Crippen LogP contribution in [-0.2, 0) is 0 Å². The molecule has 2 rings (SSSR count). The highest BCUT2D eigenvalue weighted by Gasteiger charge is 2.14. The maximum absolute atomic E-state index is 13.6. The van der Waals surface area contributed by atoms with E-state index in [4.69, 9.17) is 5.26 Å². The highest BCUT2D eigenvalue weighted by Crippen LogP contribution is 2.22. The van der Waals surface area contributed by atoms with Gasteiger partial charge in [0.05, 0.1) is 27.4 Å². The van der Waals surface area contributed by atoms with Crippen molar-refractivity contribution in [1.29, 1.82) is 5.26 Å². The average Bonchev–Trinajstić information content (AvgIpc) is 2.44. The van der Waals surface area contributed by atoms with E-state index in [2.05, 4.69) is 21.2 Å². The second-order valence-electron chi connectivity index (χ2n) is 3.86. The Morgan fingerprint density at radius 2 is 1.95 bits per heavy atom. The van der Waals surface area contributed by atoms with Crippen molar-refractivity contribution in [1.82, 2.24) is 0 Å². The average molecular weight is 337 g/mol. The smallest absolute Gasteiger partial charge is 0.256 e. The van der Waals surface area contributed by atoms with Crippen molar-refractivity contribution >= 4 is 27.5 Å². The fourth-order valence-electron chi connectivity index (χ4n) is 1.55. The van der Waals surface area contributed by atoms with E-state index >= 15 is 0 Å². The van der Waals surface area contributed by atoms with Gasteiger partial charge < -0.3 is 5.32 Å². The van der Waals surface area contributed by atoms with Crippen LogP contribution in [0.3, 0.4) is 0 Å². The van der Waals surface area contributed by atoms with Gasteiger partial charge in [-0.1, -0.05) is 6.07 Å². The van der Waals surface area contributed by atoms with E-state index in [1.165, 1.54) is 30.3 Å². The number of amides is 1. The Bertz CT molecular complexity index is 726. The lowest BCUT2D eigenvalue weighted by Crippen LogP contribution is -2.14. The molecule has 0 aliphatic heterocycles. The van der Waals surface area contributed by atoms with E-state index in [9.17, 15) is 13.6 Å². The largest absolute Gasteiger partial charge is 0.319 e. The standard InChI is InChI=1S/C14H7BrF2N2O/c15-13-9(2-1-3-10(13)16)14(20)19-12-5-4-8(7-18)6-11(12)17/h1-6H,(H,19,20). The third-order valence-electron chi connectivity index (χ3n) is 2.54. The molecule has 1 amide bonds. The summed E-state index contributed by atoms with van der Waals surface area (Å²) in [6.07, 6.45) is 0. The highest BCUT2D eigenvalue weighted by molar-refractivity contribution is 9.10. The molecular weight excluding hydrogens is 330 g/mol. The van der Waals surface area contributed by atoms with E-state index in [0.29, 0.717) is 0 Å². The summed E-state index contributed by atoms with van der Waals surface area (Å²) < 4.78 is 27.0. The number of nitriles is 1. The van der Waals surface area contributed by atoms with E-state index in [1.54, 1.807) is 6.07 Å². The van der Waals surface area contributed by atoms with E-state index in [1.807, 2.05) is 0 Å². The highest BCUT2D eigenvalue weighted by atomic mass is 79.9. The molecule has 0 atom stereocenters. The number of carbonyl (C=O) groups excluding carboxylic acids is 1. The first-order chi connectivity index (χ1) is 9.52. The minimum absolute atomic E-state index is 0.00607. The van der Waals surface area contributed by atoms with Crippen LogP contribution >= 0.6 is 15.9 Å². The van der Waals surface area contributed by atoms with Crippen LogP contribution in [0.4, 0.5) is 14.5 Å². The zero-order valence-electron chi connectivity index (χ0n) is 9.95. The van der Waals surface area contributed by atoms with Gasteiger partial charge in [-0.3, -0.25) is 4.79 Å². The lowest BCUT2D eigenvalue weighted by atomic mass is 10.2. The van der Waals surface area contributed by atoms with Gasteiger partial charge in [0, 0.05) is 0 Å². The molecule has 0 heterocycles. The molecule has 0 bridgehead atoms. The van der Waals surface area contributed by atoms with Crippen LogP contribution in [0.2, 0.25) is 0 Å². The molecule has 1 N–H and O–H groups in total. The molecule has 6 heteroatoms. The number of anilines is 1. The van der Waals surface area contributed by atoms with Crippen molar-refractivity contribution in [2.24, 2.45) is 0 Å². The molecule has 0 aliphatic rings. The number of hydrogen-bond donors (Lipinski definition) is 1. The fraction of sp³-hybridized carbons (Fsp3) is 0. The molecule has 20 heavy (non-hydrogen) atoms. The van der Waals surface area contributed by atoms with Crippen LogP contribution in [0.15, 0.2) is 40.9 Å². The summed E-state index contributed by atoms with van der Waals surface area (Å²) in [5.41, 5.74) is 0.117. The monoisotopic (exact) mass is 336 g/mol. The van der Waals surface area contributed by atoms with Gasteiger partial charge in [-0.2, -0.15) is 5.26 Å². The van der Waals surface area contributed by atoms with Crippen LogP contribution in [0.5, 0.6) is 0 Å². The summed E-state index contributed by atoms with van der Waals surface area (Å²) in [6.45, 7) is 0. The normalized spacial score (nSPS) is 9.90. The number of carbonyl (C=O) groups is 1. The van der Waals surface area contributed by atoms with Crippen molar-refractivity contribution in [2.75, 3.05) is 5.32 Å². The Morgan fingerprint density at radius 1 is 1.20 bits per heavy atom. The number of nitrogens with one attached hydrogen (secondary N) is 1. The van der Waals surface area contributed by atoms with E-state index in [-0.39, 0.29) is 21.3 Å². The van der Waals surface area contributed by atoms with Gasteiger partial charge in [-0.05, 0) is 46.3 Å². The predicted octanol–water partition coefficient (Wildman–Crippen LogP) is 3.85. The molecule has 0 radical (unpaired) electrons. The predicted molar refractivity (Wildman–Crippen MR) is 73.2 cm³/mol. The molecule has 0 saturated carbocycles. The van der Waals surface area contributed by atoms with Crippen LogP contribution < -0.4 is 5.32 Å². The van der Waals surface area contributed by atoms with Crippen LogP contribution in [-0.4, -0.2) is 5.91 Å². The number of rotatable bonds is 2.